The van der Waals surface area contributed by atoms with Gasteiger partial charge in [0, 0.05) is 26.6 Å². The zero-order valence-electron chi connectivity index (χ0n) is 28.1. The monoisotopic (exact) mass is 684 g/mol. The first-order valence-corrected chi connectivity index (χ1v) is 16.2. The summed E-state index contributed by atoms with van der Waals surface area (Å²) in [4.78, 5) is 54.4. The van der Waals surface area contributed by atoms with Crippen LogP contribution in [0.5, 0.6) is 5.75 Å². The topological polar surface area (TPSA) is 119 Å². The highest BCUT2D eigenvalue weighted by atomic mass is 19.3. The number of alkyl halides is 2. The molecule has 262 valence electrons. The Balaban J connectivity index is 1.59. The van der Waals surface area contributed by atoms with Gasteiger partial charge in [0.1, 0.15) is 24.5 Å². The first kappa shape index (κ1) is 37.2. The van der Waals surface area contributed by atoms with E-state index in [9.17, 15) is 24.3 Å². The summed E-state index contributed by atoms with van der Waals surface area (Å²) in [7, 11) is 1.16. The fourth-order valence-corrected chi connectivity index (χ4v) is 5.52. The number of nitrogens with zero attached hydrogens (tertiary/aromatic N) is 2. The predicted molar refractivity (Wildman–Crippen MR) is 182 cm³/mol. The summed E-state index contributed by atoms with van der Waals surface area (Å²) < 4.78 is 37.4. The summed E-state index contributed by atoms with van der Waals surface area (Å²) in [5.74, 6) is -9.24. The van der Waals surface area contributed by atoms with Crippen molar-refractivity contribution in [2.45, 2.75) is 58.0 Å². The van der Waals surface area contributed by atoms with Gasteiger partial charge < -0.3 is 29.8 Å². The lowest BCUT2D eigenvalue weighted by molar-refractivity contribution is -0.269. The number of carbonyl (C=O) groups is 4. The van der Waals surface area contributed by atoms with E-state index in [2.05, 4.69) is 5.32 Å². The van der Waals surface area contributed by atoms with Crippen LogP contribution in [0.15, 0.2) is 115 Å². The van der Waals surface area contributed by atoms with Crippen LogP contribution in [0.2, 0.25) is 0 Å². The number of carboxylic acid groups (broad SMARTS) is 1. The Labute approximate surface area is 290 Å². The van der Waals surface area contributed by atoms with Gasteiger partial charge in [-0.3, -0.25) is 14.4 Å². The van der Waals surface area contributed by atoms with Crippen LogP contribution < -0.4 is 15.2 Å². The molecule has 50 heavy (non-hydrogen) atoms. The lowest BCUT2D eigenvalue weighted by Gasteiger charge is -2.36. The predicted octanol–water partition coefficient (Wildman–Crippen LogP) is 5.03. The second kappa shape index (κ2) is 17.2. The van der Waals surface area contributed by atoms with E-state index in [1.165, 1.54) is 0 Å². The van der Waals surface area contributed by atoms with Crippen molar-refractivity contribution in [3.8, 4) is 5.75 Å². The van der Waals surface area contributed by atoms with Crippen LogP contribution >= 0.6 is 0 Å². The molecule has 11 heteroatoms. The van der Waals surface area contributed by atoms with Crippen molar-refractivity contribution in [1.82, 2.24) is 15.1 Å². The van der Waals surface area contributed by atoms with Gasteiger partial charge in [-0.25, -0.2) is 0 Å². The molecule has 0 aliphatic rings. The second-order valence-electron chi connectivity index (χ2n) is 12.3. The minimum Gasteiger partial charge on any atom is -0.530 e. The maximum Gasteiger partial charge on any atom is 0.383 e. The Morgan fingerprint density at radius 2 is 1.24 bits per heavy atom. The molecule has 4 rings (SSSR count). The average molecular weight is 685 g/mol. The zero-order chi connectivity index (χ0) is 36.3. The van der Waals surface area contributed by atoms with Crippen molar-refractivity contribution in [2.24, 2.45) is 5.92 Å². The van der Waals surface area contributed by atoms with Gasteiger partial charge in [-0.1, -0.05) is 117 Å². The highest BCUT2D eigenvalue weighted by Crippen LogP contribution is 2.25. The van der Waals surface area contributed by atoms with Gasteiger partial charge in [0.2, 0.25) is 11.7 Å². The number of ketones is 1. The molecule has 0 saturated heterocycles. The highest BCUT2D eigenvalue weighted by Gasteiger charge is 2.52. The van der Waals surface area contributed by atoms with E-state index < -0.39 is 54.0 Å². The van der Waals surface area contributed by atoms with Gasteiger partial charge in [0.25, 0.3) is 0 Å². The number of benzene rings is 4. The van der Waals surface area contributed by atoms with Gasteiger partial charge >= 0.3 is 11.8 Å². The van der Waals surface area contributed by atoms with Crippen molar-refractivity contribution in [3.63, 3.8) is 0 Å². The number of ether oxygens (including phenoxy) is 1. The molecule has 3 amide bonds. The van der Waals surface area contributed by atoms with E-state index in [4.69, 9.17) is 4.74 Å². The number of nitrogens with one attached hydrogen (secondary N) is 1. The Hall–Kier alpha value is -5.58. The number of amides is 3. The summed E-state index contributed by atoms with van der Waals surface area (Å²) >= 11 is 0. The summed E-state index contributed by atoms with van der Waals surface area (Å²) in [5, 5.41) is 14.7. The summed E-state index contributed by atoms with van der Waals surface area (Å²) in [6.45, 7) is 3.07. The molecule has 0 unspecified atom stereocenters. The Kier molecular flexibility index (Phi) is 12.8. The van der Waals surface area contributed by atoms with Gasteiger partial charge in [-0.2, -0.15) is 8.78 Å². The molecule has 0 saturated carbocycles. The zero-order valence-corrected chi connectivity index (χ0v) is 28.1. The van der Waals surface area contributed by atoms with Crippen LogP contribution in [0.4, 0.5) is 13.6 Å². The van der Waals surface area contributed by atoms with Crippen LogP contribution in [0.3, 0.4) is 0 Å². The quantitative estimate of drug-likeness (QED) is 0.166. The van der Waals surface area contributed by atoms with Crippen molar-refractivity contribution in [1.29, 1.82) is 0 Å². The van der Waals surface area contributed by atoms with Crippen LogP contribution in [0, 0.1) is 5.92 Å². The van der Waals surface area contributed by atoms with Crippen molar-refractivity contribution >= 4 is 23.7 Å². The number of carbonyl (C=O) groups excluding carboxylic acids is 4. The molecule has 4 aromatic rings. The minimum atomic E-state index is -4.52. The molecule has 0 radical (unpaired) electrons. The first-order chi connectivity index (χ1) is 23.9. The molecule has 0 bridgehead atoms. The van der Waals surface area contributed by atoms with Gasteiger partial charge in [-0.15, -0.1) is 0 Å². The SMILES string of the molecule is CC(C)[C@@H](C(=O)N[C@@H](Cc1ccc(OCc2ccccc2)cc1)C(=O)C(F)(F)C(=O)N(C)Cc1ccccc1)N(Cc1ccccc1)C(=O)[O-]. The highest BCUT2D eigenvalue weighted by molar-refractivity contribution is 6.10. The van der Waals surface area contributed by atoms with E-state index in [-0.39, 0.29) is 19.7 Å². The van der Waals surface area contributed by atoms with E-state index in [1.54, 1.807) is 98.8 Å². The molecule has 0 aromatic heterocycles. The Morgan fingerprint density at radius 3 is 1.74 bits per heavy atom. The second-order valence-corrected chi connectivity index (χ2v) is 12.3. The molecule has 0 aliphatic carbocycles. The number of Topliss-reactive ketones (excluding diaryl/α,β-unsaturated/α-hetero) is 1. The Morgan fingerprint density at radius 1 is 0.740 bits per heavy atom. The maximum atomic E-state index is 15.8. The number of rotatable bonds is 16. The van der Waals surface area contributed by atoms with Gasteiger partial charge in [0.05, 0.1) is 6.04 Å². The molecular formula is C39H40F2N3O6-. The lowest BCUT2D eigenvalue weighted by Crippen LogP contribution is -2.60. The third-order valence-corrected chi connectivity index (χ3v) is 8.10. The summed E-state index contributed by atoms with van der Waals surface area (Å²) in [6, 6.07) is 29.4. The smallest absolute Gasteiger partial charge is 0.383 e. The number of hydrogen-bond donors (Lipinski definition) is 1. The van der Waals surface area contributed by atoms with E-state index in [1.807, 2.05) is 30.3 Å². The summed E-state index contributed by atoms with van der Waals surface area (Å²) in [6.07, 6.45) is -2.07. The molecule has 0 fully saturated rings. The van der Waals surface area contributed by atoms with Crippen molar-refractivity contribution in [3.05, 3.63) is 138 Å². The van der Waals surface area contributed by atoms with Crippen molar-refractivity contribution < 1.29 is 37.8 Å². The molecule has 0 spiro atoms. The number of hydrogen-bond acceptors (Lipinski definition) is 6. The average Bonchev–Trinajstić information content (AvgIpc) is 3.11. The van der Waals surface area contributed by atoms with Gasteiger partial charge in [-0.05, 0) is 40.3 Å². The molecule has 4 aromatic carbocycles. The molecular weight excluding hydrogens is 644 g/mol. The molecule has 9 nitrogen and oxygen atoms in total. The normalized spacial score (nSPS) is 12.4. The molecule has 0 aliphatic heterocycles. The fourth-order valence-electron chi connectivity index (χ4n) is 5.52. The maximum absolute atomic E-state index is 15.8. The number of halogens is 2. The third kappa shape index (κ3) is 9.97. The molecule has 0 heterocycles. The lowest BCUT2D eigenvalue weighted by atomic mass is 9.95. The van der Waals surface area contributed by atoms with Crippen LogP contribution in [-0.2, 0) is 40.5 Å². The molecule has 1 N–H and O–H groups in total. The summed E-state index contributed by atoms with van der Waals surface area (Å²) in [5.41, 5.74) is 2.47. The fraction of sp³-hybridized carbons (Fsp3) is 0.282. The Bertz CT molecular complexity index is 1720. The standard InChI is InChI=1S/C39H41F2N3O6/c1-27(2)34(44(38(48)49)25-30-15-9-5-10-16-30)36(46)42-33(23-28-19-21-32(22-20-28)50-26-31-17-11-6-12-18-31)35(45)39(40,41)37(47)43(3)24-29-13-7-4-8-14-29/h4-22,27,33-34H,23-26H2,1-3H3,(H,42,46)(H,48,49)/p-1/t33-,34-/m0/s1. The minimum absolute atomic E-state index is 0.181. The molecule has 2 atom stereocenters. The van der Waals surface area contributed by atoms with E-state index in [0.717, 1.165) is 22.4 Å². The van der Waals surface area contributed by atoms with Crippen LogP contribution in [-0.4, -0.2) is 58.5 Å². The largest absolute Gasteiger partial charge is 0.530 e. The van der Waals surface area contributed by atoms with Crippen LogP contribution in [0.1, 0.15) is 36.1 Å². The van der Waals surface area contributed by atoms with E-state index in [0.29, 0.717) is 22.4 Å². The first-order valence-electron chi connectivity index (χ1n) is 16.2. The van der Waals surface area contributed by atoms with Crippen LogP contribution in [0.25, 0.3) is 0 Å². The van der Waals surface area contributed by atoms with E-state index >= 15 is 8.78 Å². The third-order valence-electron chi connectivity index (χ3n) is 8.10. The van der Waals surface area contributed by atoms with Crippen molar-refractivity contribution in [2.75, 3.05) is 7.05 Å². The van der Waals surface area contributed by atoms with Gasteiger partial charge in [0.15, 0.2) is 0 Å².